The number of hydrogen-bond donors (Lipinski definition) is 4. The van der Waals surface area contributed by atoms with Crippen molar-refractivity contribution >= 4 is 34.1 Å². The predicted molar refractivity (Wildman–Crippen MR) is 133 cm³/mol. The van der Waals surface area contributed by atoms with E-state index >= 15 is 0 Å². The number of rotatable bonds is 11. The summed E-state index contributed by atoms with van der Waals surface area (Å²) < 4.78 is 11.5. The van der Waals surface area contributed by atoms with Crippen LogP contribution in [0.4, 0.5) is 11.4 Å². The third-order valence-electron chi connectivity index (χ3n) is 5.35. The average molecular weight is 466 g/mol. The number of ether oxygens (including phenoxy) is 2. The van der Waals surface area contributed by atoms with Gasteiger partial charge < -0.3 is 31.6 Å². The summed E-state index contributed by atoms with van der Waals surface area (Å²) in [6.45, 7) is 7.01. The quantitative estimate of drug-likeness (QED) is 0.341. The Morgan fingerprint density at radius 3 is 2.38 bits per heavy atom. The van der Waals surface area contributed by atoms with Crippen LogP contribution in [0.5, 0.6) is 11.5 Å². The van der Waals surface area contributed by atoms with Crippen LogP contribution in [-0.2, 0) is 17.8 Å². The zero-order valence-corrected chi connectivity index (χ0v) is 19.7. The monoisotopic (exact) mass is 465 g/mol. The van der Waals surface area contributed by atoms with Crippen LogP contribution in [-0.4, -0.2) is 36.6 Å². The molecular formula is C25H31N5O4. The average Bonchev–Trinajstić information content (AvgIpc) is 2.83. The number of pyridine rings is 1. The maximum Gasteiger partial charge on any atom is 0.252 e. The molecule has 9 nitrogen and oxygen atoms in total. The van der Waals surface area contributed by atoms with Crippen molar-refractivity contribution in [3.05, 3.63) is 53.2 Å². The van der Waals surface area contributed by atoms with E-state index < -0.39 is 5.91 Å². The van der Waals surface area contributed by atoms with Crippen LogP contribution in [0.25, 0.3) is 10.9 Å². The molecule has 1 heterocycles. The van der Waals surface area contributed by atoms with Crippen molar-refractivity contribution < 1.29 is 19.1 Å². The van der Waals surface area contributed by atoms with E-state index in [-0.39, 0.29) is 18.0 Å². The summed E-state index contributed by atoms with van der Waals surface area (Å²) in [5, 5.41) is 6.88. The Hall–Kier alpha value is -3.85. The van der Waals surface area contributed by atoms with Crippen molar-refractivity contribution in [1.29, 1.82) is 0 Å². The maximum atomic E-state index is 12.3. The summed E-state index contributed by atoms with van der Waals surface area (Å²) in [6, 6.07) is 9.35. The normalized spacial score (nSPS) is 10.7. The van der Waals surface area contributed by atoms with Crippen LogP contribution < -0.4 is 31.6 Å². The van der Waals surface area contributed by atoms with Gasteiger partial charge in [0.1, 0.15) is 0 Å². The second-order valence-electron chi connectivity index (χ2n) is 7.50. The SMILES string of the molecule is CCOc1cc2ncc(C(N)=O)c(Nc3cccc(CNC(=O)CN)c3CC)c2cc1OCC. The standard InChI is InChI=1S/C25H31N5O4/c1-4-16-15(13-29-23(31)12-26)8-7-9-19(16)30-24-17-10-21(33-5-2)22(34-6-3)11-20(17)28-14-18(24)25(27)32/h7-11,14H,4-6,12-13,26H2,1-3H3,(H2,27,32)(H,28,30)(H,29,31). The second-order valence-corrected chi connectivity index (χ2v) is 7.50. The molecule has 0 bridgehead atoms. The predicted octanol–water partition coefficient (Wildman–Crippen LogP) is 3.01. The van der Waals surface area contributed by atoms with E-state index in [0.717, 1.165) is 16.8 Å². The first kappa shape index (κ1) is 24.8. The molecule has 0 saturated carbocycles. The molecule has 0 unspecified atom stereocenters. The summed E-state index contributed by atoms with van der Waals surface area (Å²) >= 11 is 0. The Balaban J connectivity index is 2.14. The summed E-state index contributed by atoms with van der Waals surface area (Å²) in [5.41, 5.74) is 15.2. The lowest BCUT2D eigenvalue weighted by Crippen LogP contribution is -2.30. The molecular weight excluding hydrogens is 434 g/mol. The van der Waals surface area contributed by atoms with Gasteiger partial charge in [-0.3, -0.25) is 14.6 Å². The summed E-state index contributed by atoms with van der Waals surface area (Å²) in [4.78, 5) is 28.4. The zero-order valence-electron chi connectivity index (χ0n) is 19.7. The number of carbonyl (C=O) groups is 2. The highest BCUT2D eigenvalue weighted by Crippen LogP contribution is 2.38. The molecule has 0 aliphatic heterocycles. The first-order chi connectivity index (χ1) is 16.4. The van der Waals surface area contributed by atoms with Crippen molar-refractivity contribution in [2.45, 2.75) is 33.7 Å². The highest BCUT2D eigenvalue weighted by atomic mass is 16.5. The Labute approximate surface area is 198 Å². The lowest BCUT2D eigenvalue weighted by Gasteiger charge is -2.19. The Bertz CT molecular complexity index is 1200. The topological polar surface area (TPSA) is 142 Å². The van der Waals surface area contributed by atoms with Crippen molar-refractivity contribution in [1.82, 2.24) is 10.3 Å². The van der Waals surface area contributed by atoms with Gasteiger partial charge in [0, 0.05) is 29.9 Å². The molecule has 0 radical (unpaired) electrons. The number of nitrogens with two attached hydrogens (primary N) is 2. The van der Waals surface area contributed by atoms with Crippen LogP contribution in [0.15, 0.2) is 36.5 Å². The minimum atomic E-state index is -0.604. The number of benzene rings is 2. The summed E-state index contributed by atoms with van der Waals surface area (Å²) in [7, 11) is 0. The molecule has 34 heavy (non-hydrogen) atoms. The second kappa shape index (κ2) is 11.3. The molecule has 0 aliphatic carbocycles. The van der Waals surface area contributed by atoms with E-state index in [1.807, 2.05) is 45.0 Å². The summed E-state index contributed by atoms with van der Waals surface area (Å²) in [5.74, 6) is 0.296. The third kappa shape index (κ3) is 5.37. The Kier molecular flexibility index (Phi) is 8.26. The molecule has 0 spiro atoms. The smallest absolute Gasteiger partial charge is 0.252 e. The number of amides is 2. The molecule has 0 atom stereocenters. The molecule has 180 valence electrons. The molecule has 2 amide bonds. The van der Waals surface area contributed by atoms with Gasteiger partial charge in [-0.05, 0) is 43.5 Å². The Morgan fingerprint density at radius 2 is 1.76 bits per heavy atom. The summed E-state index contributed by atoms with van der Waals surface area (Å²) in [6.07, 6.45) is 2.16. The van der Waals surface area contributed by atoms with E-state index in [1.165, 1.54) is 6.20 Å². The number of primary amides is 1. The zero-order chi connectivity index (χ0) is 24.7. The van der Waals surface area contributed by atoms with Crippen LogP contribution in [0, 0.1) is 0 Å². The van der Waals surface area contributed by atoms with Gasteiger partial charge in [0.15, 0.2) is 11.5 Å². The van der Waals surface area contributed by atoms with Crippen molar-refractivity contribution in [2.75, 3.05) is 25.1 Å². The largest absolute Gasteiger partial charge is 0.490 e. The number of nitrogens with one attached hydrogen (secondary N) is 2. The van der Waals surface area contributed by atoms with Crippen LogP contribution >= 0.6 is 0 Å². The van der Waals surface area contributed by atoms with Gasteiger partial charge in [0.2, 0.25) is 5.91 Å². The van der Waals surface area contributed by atoms with Gasteiger partial charge in [0.25, 0.3) is 5.91 Å². The van der Waals surface area contributed by atoms with Gasteiger partial charge in [-0.1, -0.05) is 19.1 Å². The van der Waals surface area contributed by atoms with Crippen molar-refractivity contribution in [2.24, 2.45) is 11.5 Å². The molecule has 0 saturated heterocycles. The molecule has 3 rings (SSSR count). The fourth-order valence-corrected chi connectivity index (χ4v) is 3.79. The molecule has 2 aromatic carbocycles. The van der Waals surface area contributed by atoms with E-state index in [0.29, 0.717) is 54.3 Å². The molecule has 0 fully saturated rings. The lowest BCUT2D eigenvalue weighted by molar-refractivity contribution is -0.119. The lowest BCUT2D eigenvalue weighted by atomic mass is 10.0. The minimum absolute atomic E-state index is 0.0731. The molecule has 9 heteroatoms. The Morgan fingerprint density at radius 1 is 1.06 bits per heavy atom. The van der Waals surface area contributed by atoms with E-state index in [4.69, 9.17) is 20.9 Å². The number of anilines is 2. The van der Waals surface area contributed by atoms with Gasteiger partial charge in [-0.2, -0.15) is 0 Å². The fourth-order valence-electron chi connectivity index (χ4n) is 3.79. The van der Waals surface area contributed by atoms with Gasteiger partial charge in [-0.15, -0.1) is 0 Å². The number of aromatic nitrogens is 1. The number of carbonyl (C=O) groups excluding carboxylic acids is 2. The minimum Gasteiger partial charge on any atom is -0.490 e. The first-order valence-electron chi connectivity index (χ1n) is 11.3. The van der Waals surface area contributed by atoms with Crippen molar-refractivity contribution in [3.63, 3.8) is 0 Å². The third-order valence-corrected chi connectivity index (χ3v) is 5.35. The van der Waals surface area contributed by atoms with E-state index in [1.54, 1.807) is 6.07 Å². The molecule has 6 N–H and O–H groups in total. The van der Waals surface area contributed by atoms with E-state index in [9.17, 15) is 9.59 Å². The highest BCUT2D eigenvalue weighted by molar-refractivity contribution is 6.08. The van der Waals surface area contributed by atoms with Crippen molar-refractivity contribution in [3.8, 4) is 11.5 Å². The first-order valence-corrected chi connectivity index (χ1v) is 11.3. The number of nitrogens with zero attached hydrogens (tertiary/aromatic N) is 1. The molecule has 1 aromatic heterocycles. The highest BCUT2D eigenvalue weighted by Gasteiger charge is 2.18. The van der Waals surface area contributed by atoms with Crippen LogP contribution in [0.1, 0.15) is 42.3 Å². The molecule has 3 aromatic rings. The van der Waals surface area contributed by atoms with E-state index in [2.05, 4.69) is 15.6 Å². The molecule has 0 aliphatic rings. The van der Waals surface area contributed by atoms with Gasteiger partial charge in [0.05, 0.1) is 36.5 Å². The van der Waals surface area contributed by atoms with Crippen LogP contribution in [0.3, 0.4) is 0 Å². The van der Waals surface area contributed by atoms with Gasteiger partial charge in [-0.25, -0.2) is 0 Å². The maximum absolute atomic E-state index is 12.3. The fraction of sp³-hybridized carbons (Fsp3) is 0.320. The number of fused-ring (bicyclic) bond motifs is 1. The van der Waals surface area contributed by atoms with Crippen LogP contribution in [0.2, 0.25) is 0 Å². The number of hydrogen-bond acceptors (Lipinski definition) is 7. The van der Waals surface area contributed by atoms with Gasteiger partial charge >= 0.3 is 0 Å².